The highest BCUT2D eigenvalue weighted by Crippen LogP contribution is 2.00. The van der Waals surface area contributed by atoms with Crippen LogP contribution in [0.5, 0.6) is 0 Å². The van der Waals surface area contributed by atoms with E-state index in [0.29, 0.717) is 6.61 Å². The number of nitrogens with zero attached hydrogens (tertiary/aromatic N) is 1. The van der Waals surface area contributed by atoms with Gasteiger partial charge in [-0.3, -0.25) is 4.79 Å². The first-order valence-corrected chi connectivity index (χ1v) is 7.89. The summed E-state index contributed by atoms with van der Waals surface area (Å²) >= 11 is 0. The van der Waals surface area contributed by atoms with Crippen molar-refractivity contribution in [3.05, 3.63) is 0 Å². The minimum absolute atomic E-state index is 0.137. The fraction of sp³-hybridized carbons (Fsp3) is 0.933. The van der Waals surface area contributed by atoms with Crippen LogP contribution in [-0.4, -0.2) is 62.9 Å². The Morgan fingerprint density at radius 1 is 1.15 bits per heavy atom. The zero-order valence-electron chi connectivity index (χ0n) is 13.6. The SMILES string of the molecule is CCCNC(CCN(CC)CCOCC)C(=O)OCC. The van der Waals surface area contributed by atoms with E-state index in [0.717, 1.165) is 52.2 Å². The van der Waals surface area contributed by atoms with E-state index in [1.165, 1.54) is 0 Å². The summed E-state index contributed by atoms with van der Waals surface area (Å²) in [6, 6.07) is -0.198. The first-order chi connectivity index (χ1) is 9.69. The van der Waals surface area contributed by atoms with Gasteiger partial charge in [0, 0.05) is 19.7 Å². The van der Waals surface area contributed by atoms with Gasteiger partial charge in [-0.25, -0.2) is 0 Å². The Hall–Kier alpha value is -0.650. The molecule has 120 valence electrons. The number of rotatable bonds is 13. The maximum atomic E-state index is 11.9. The van der Waals surface area contributed by atoms with Gasteiger partial charge >= 0.3 is 5.97 Å². The van der Waals surface area contributed by atoms with Crippen molar-refractivity contribution in [2.24, 2.45) is 0 Å². The van der Waals surface area contributed by atoms with Gasteiger partial charge < -0.3 is 19.7 Å². The molecule has 0 spiro atoms. The molecule has 0 aliphatic carbocycles. The van der Waals surface area contributed by atoms with Gasteiger partial charge in [-0.2, -0.15) is 0 Å². The number of likely N-dealkylation sites (N-methyl/N-ethyl adjacent to an activating group) is 1. The predicted octanol–water partition coefficient (Wildman–Crippen LogP) is 1.67. The molecule has 0 fully saturated rings. The quantitative estimate of drug-likeness (QED) is 0.413. The van der Waals surface area contributed by atoms with Gasteiger partial charge in [0.25, 0.3) is 0 Å². The zero-order chi connectivity index (χ0) is 15.2. The molecule has 0 aliphatic rings. The average molecular weight is 288 g/mol. The monoisotopic (exact) mass is 288 g/mol. The van der Waals surface area contributed by atoms with Crippen molar-refractivity contribution in [3.8, 4) is 0 Å². The summed E-state index contributed by atoms with van der Waals surface area (Å²) in [5.41, 5.74) is 0. The lowest BCUT2D eigenvalue weighted by Crippen LogP contribution is -2.41. The van der Waals surface area contributed by atoms with Gasteiger partial charge in [0.15, 0.2) is 0 Å². The van der Waals surface area contributed by atoms with Crippen LogP contribution in [0.15, 0.2) is 0 Å². The Balaban J connectivity index is 4.15. The van der Waals surface area contributed by atoms with Crippen LogP contribution in [0.25, 0.3) is 0 Å². The van der Waals surface area contributed by atoms with Crippen LogP contribution in [0, 0.1) is 0 Å². The van der Waals surface area contributed by atoms with E-state index >= 15 is 0 Å². The fourth-order valence-electron chi connectivity index (χ4n) is 1.94. The Labute approximate surface area is 124 Å². The second-order valence-corrected chi connectivity index (χ2v) is 4.68. The number of esters is 1. The summed E-state index contributed by atoms with van der Waals surface area (Å²) in [6.07, 6.45) is 1.79. The first kappa shape index (κ1) is 19.4. The predicted molar refractivity (Wildman–Crippen MR) is 81.9 cm³/mol. The molecule has 20 heavy (non-hydrogen) atoms. The van der Waals surface area contributed by atoms with Gasteiger partial charge in [0.2, 0.25) is 0 Å². The van der Waals surface area contributed by atoms with Gasteiger partial charge in [0.05, 0.1) is 13.2 Å². The van der Waals surface area contributed by atoms with Gasteiger partial charge in [-0.15, -0.1) is 0 Å². The van der Waals surface area contributed by atoms with Crippen LogP contribution < -0.4 is 5.32 Å². The summed E-state index contributed by atoms with van der Waals surface area (Å²) in [7, 11) is 0. The summed E-state index contributed by atoms with van der Waals surface area (Å²) in [5, 5.41) is 3.27. The number of hydrogen-bond acceptors (Lipinski definition) is 5. The highest BCUT2D eigenvalue weighted by atomic mass is 16.5. The molecule has 0 aromatic rings. The van der Waals surface area contributed by atoms with Crippen LogP contribution in [-0.2, 0) is 14.3 Å². The molecule has 0 aromatic heterocycles. The molecule has 1 N–H and O–H groups in total. The van der Waals surface area contributed by atoms with Gasteiger partial charge in [0.1, 0.15) is 6.04 Å². The molecule has 1 atom stereocenters. The van der Waals surface area contributed by atoms with Crippen molar-refractivity contribution in [2.75, 3.05) is 46.0 Å². The van der Waals surface area contributed by atoms with Gasteiger partial charge in [-0.05, 0) is 39.8 Å². The van der Waals surface area contributed by atoms with E-state index in [4.69, 9.17) is 9.47 Å². The molecule has 0 rings (SSSR count). The summed E-state index contributed by atoms with van der Waals surface area (Å²) in [6.45, 7) is 13.6. The maximum absolute atomic E-state index is 11.9. The smallest absolute Gasteiger partial charge is 0.323 e. The number of carbonyl (C=O) groups excluding carboxylic acids is 1. The summed E-state index contributed by atoms with van der Waals surface area (Å²) < 4.78 is 10.5. The van der Waals surface area contributed by atoms with Crippen molar-refractivity contribution in [1.82, 2.24) is 10.2 Å². The van der Waals surface area contributed by atoms with E-state index in [9.17, 15) is 4.79 Å². The normalized spacial score (nSPS) is 12.7. The second kappa shape index (κ2) is 13.3. The number of nitrogens with one attached hydrogen (secondary N) is 1. The molecule has 0 aliphatic heterocycles. The summed E-state index contributed by atoms with van der Waals surface area (Å²) in [4.78, 5) is 14.2. The molecule has 0 saturated carbocycles. The topological polar surface area (TPSA) is 50.8 Å². The Morgan fingerprint density at radius 3 is 2.45 bits per heavy atom. The molecular formula is C15H32N2O3. The second-order valence-electron chi connectivity index (χ2n) is 4.68. The van der Waals surface area contributed by atoms with Crippen LogP contribution in [0.1, 0.15) is 40.5 Å². The van der Waals surface area contributed by atoms with Crippen LogP contribution >= 0.6 is 0 Å². The largest absolute Gasteiger partial charge is 0.465 e. The fourth-order valence-corrected chi connectivity index (χ4v) is 1.94. The third kappa shape index (κ3) is 9.28. The minimum Gasteiger partial charge on any atom is -0.465 e. The molecule has 0 saturated heterocycles. The molecule has 1 unspecified atom stereocenters. The average Bonchev–Trinajstić information content (AvgIpc) is 2.45. The van der Waals surface area contributed by atoms with E-state index in [1.807, 2.05) is 13.8 Å². The highest BCUT2D eigenvalue weighted by molar-refractivity contribution is 5.75. The maximum Gasteiger partial charge on any atom is 0.323 e. The zero-order valence-corrected chi connectivity index (χ0v) is 13.6. The van der Waals surface area contributed by atoms with E-state index in [1.54, 1.807) is 0 Å². The molecule has 0 aromatic carbocycles. The van der Waals surface area contributed by atoms with Crippen molar-refractivity contribution in [1.29, 1.82) is 0 Å². The van der Waals surface area contributed by atoms with Crippen LogP contribution in [0.4, 0.5) is 0 Å². The van der Waals surface area contributed by atoms with Crippen molar-refractivity contribution in [2.45, 2.75) is 46.6 Å². The minimum atomic E-state index is -0.198. The number of carbonyl (C=O) groups is 1. The van der Waals surface area contributed by atoms with E-state index in [-0.39, 0.29) is 12.0 Å². The van der Waals surface area contributed by atoms with Crippen molar-refractivity contribution < 1.29 is 14.3 Å². The van der Waals surface area contributed by atoms with E-state index in [2.05, 4.69) is 24.1 Å². The lowest BCUT2D eigenvalue weighted by Gasteiger charge is -2.23. The Kier molecular flexibility index (Phi) is 12.9. The molecule has 5 heteroatoms. The Morgan fingerprint density at radius 2 is 1.90 bits per heavy atom. The van der Waals surface area contributed by atoms with Crippen molar-refractivity contribution >= 4 is 5.97 Å². The van der Waals surface area contributed by atoms with E-state index < -0.39 is 0 Å². The van der Waals surface area contributed by atoms with Crippen LogP contribution in [0.2, 0.25) is 0 Å². The molecule has 5 nitrogen and oxygen atoms in total. The highest BCUT2D eigenvalue weighted by Gasteiger charge is 2.19. The molecule has 0 heterocycles. The third-order valence-corrected chi connectivity index (χ3v) is 3.15. The number of hydrogen-bond donors (Lipinski definition) is 1. The molecular weight excluding hydrogens is 256 g/mol. The first-order valence-electron chi connectivity index (χ1n) is 7.89. The molecule has 0 amide bonds. The summed E-state index contributed by atoms with van der Waals surface area (Å²) in [5.74, 6) is -0.137. The third-order valence-electron chi connectivity index (χ3n) is 3.15. The Bertz CT molecular complexity index is 237. The van der Waals surface area contributed by atoms with Gasteiger partial charge in [-0.1, -0.05) is 13.8 Å². The number of ether oxygens (including phenoxy) is 2. The molecule has 0 radical (unpaired) electrons. The standard InChI is InChI=1S/C15H32N2O3/c1-5-10-16-14(15(18)20-8-4)9-11-17(6-2)12-13-19-7-3/h14,16H,5-13H2,1-4H3. The van der Waals surface area contributed by atoms with Crippen molar-refractivity contribution in [3.63, 3.8) is 0 Å². The lowest BCUT2D eigenvalue weighted by atomic mass is 10.2. The molecule has 0 bridgehead atoms. The van der Waals surface area contributed by atoms with Crippen LogP contribution in [0.3, 0.4) is 0 Å². The lowest BCUT2D eigenvalue weighted by molar-refractivity contribution is -0.145.